The molecular formula is C21H29N3O2S. The number of thiophene rings is 1. The number of nitrogens with zero attached hydrogens (tertiary/aromatic N) is 3. The maximum absolute atomic E-state index is 13.5. The highest BCUT2D eigenvalue weighted by Gasteiger charge is 2.45. The van der Waals surface area contributed by atoms with E-state index in [1.807, 2.05) is 17.5 Å². The van der Waals surface area contributed by atoms with Gasteiger partial charge in [-0.3, -0.25) is 14.5 Å². The number of rotatable bonds is 3. The highest BCUT2D eigenvalue weighted by Crippen LogP contribution is 2.37. The van der Waals surface area contributed by atoms with Crippen LogP contribution in [-0.4, -0.2) is 65.8 Å². The van der Waals surface area contributed by atoms with Crippen molar-refractivity contribution in [1.29, 1.82) is 0 Å². The third-order valence-corrected chi connectivity index (χ3v) is 7.01. The molecule has 1 aromatic heterocycles. The average molecular weight is 388 g/mol. The van der Waals surface area contributed by atoms with Crippen LogP contribution < -0.4 is 0 Å². The van der Waals surface area contributed by atoms with E-state index >= 15 is 0 Å². The molecule has 3 aliphatic rings. The number of hydrogen-bond donors (Lipinski definition) is 0. The van der Waals surface area contributed by atoms with Crippen LogP contribution in [0.3, 0.4) is 0 Å². The molecule has 0 atom stereocenters. The summed E-state index contributed by atoms with van der Waals surface area (Å²) >= 11 is 1.56. The van der Waals surface area contributed by atoms with Crippen molar-refractivity contribution in [3.8, 4) is 0 Å². The molecule has 4 rings (SSSR count). The summed E-state index contributed by atoms with van der Waals surface area (Å²) in [7, 11) is 2.11. The molecule has 1 saturated heterocycles. The standard InChI is InChI=1S/C21H29N3O2S/c1-22-11-13-23(14-12-22)19-18(17-10-7-15-27-17)20(25)24(21(19)26)16-8-5-3-2-4-6-9-16/h7,10,15-16H,2-6,8-9,11-14H2,1H3. The second kappa shape index (κ2) is 8.15. The van der Waals surface area contributed by atoms with Gasteiger partial charge in [0.15, 0.2) is 0 Å². The van der Waals surface area contributed by atoms with Gasteiger partial charge in [0.05, 0.1) is 5.57 Å². The minimum atomic E-state index is -0.0676. The third kappa shape index (κ3) is 3.69. The summed E-state index contributed by atoms with van der Waals surface area (Å²) in [4.78, 5) is 33.9. The van der Waals surface area contributed by atoms with Gasteiger partial charge in [0, 0.05) is 37.1 Å². The van der Waals surface area contributed by atoms with Gasteiger partial charge < -0.3 is 9.80 Å². The van der Waals surface area contributed by atoms with E-state index < -0.39 is 0 Å². The predicted molar refractivity (Wildman–Crippen MR) is 108 cm³/mol. The van der Waals surface area contributed by atoms with E-state index in [0.29, 0.717) is 11.3 Å². The lowest BCUT2D eigenvalue weighted by molar-refractivity contribution is -0.140. The van der Waals surface area contributed by atoms with Gasteiger partial charge in [0.25, 0.3) is 11.8 Å². The molecule has 0 unspecified atom stereocenters. The molecule has 0 N–H and O–H groups in total. The zero-order valence-corrected chi connectivity index (χ0v) is 17.0. The molecule has 0 bridgehead atoms. The van der Waals surface area contributed by atoms with Crippen LogP contribution in [0, 0.1) is 0 Å². The molecule has 146 valence electrons. The molecule has 0 radical (unpaired) electrons. The fraction of sp³-hybridized carbons (Fsp3) is 0.619. The Balaban J connectivity index is 1.66. The quantitative estimate of drug-likeness (QED) is 0.747. The summed E-state index contributed by atoms with van der Waals surface area (Å²) in [6, 6.07) is 4.00. The van der Waals surface area contributed by atoms with Crippen LogP contribution in [0.15, 0.2) is 23.2 Å². The van der Waals surface area contributed by atoms with E-state index in [-0.39, 0.29) is 17.9 Å². The van der Waals surface area contributed by atoms with Crippen molar-refractivity contribution in [2.75, 3.05) is 33.2 Å². The van der Waals surface area contributed by atoms with Crippen molar-refractivity contribution in [2.24, 2.45) is 0 Å². The third-order valence-electron chi connectivity index (χ3n) is 6.12. The predicted octanol–water partition coefficient (Wildman–Crippen LogP) is 3.19. The summed E-state index contributed by atoms with van der Waals surface area (Å²) in [5.41, 5.74) is 1.29. The minimum Gasteiger partial charge on any atom is -0.364 e. The van der Waals surface area contributed by atoms with Crippen molar-refractivity contribution >= 4 is 28.7 Å². The molecule has 0 aromatic carbocycles. The Kier molecular flexibility index (Phi) is 5.64. The van der Waals surface area contributed by atoms with Crippen molar-refractivity contribution in [3.05, 3.63) is 28.1 Å². The zero-order chi connectivity index (χ0) is 18.8. The maximum Gasteiger partial charge on any atom is 0.278 e. The molecule has 27 heavy (non-hydrogen) atoms. The Morgan fingerprint density at radius 1 is 0.926 bits per heavy atom. The van der Waals surface area contributed by atoms with Crippen LogP contribution in [-0.2, 0) is 9.59 Å². The molecular weight excluding hydrogens is 358 g/mol. The number of carbonyl (C=O) groups excluding carboxylic acids is 2. The van der Waals surface area contributed by atoms with E-state index in [2.05, 4.69) is 16.8 Å². The largest absolute Gasteiger partial charge is 0.364 e. The Bertz CT molecular complexity index is 712. The Labute approximate surface area is 165 Å². The van der Waals surface area contributed by atoms with Crippen molar-refractivity contribution < 1.29 is 9.59 Å². The number of piperazine rings is 1. The van der Waals surface area contributed by atoms with Gasteiger partial charge in [-0.05, 0) is 31.3 Å². The molecule has 2 fully saturated rings. The second-order valence-electron chi connectivity index (χ2n) is 7.97. The summed E-state index contributed by atoms with van der Waals surface area (Å²) in [6.45, 7) is 3.45. The first kappa shape index (κ1) is 18.7. The van der Waals surface area contributed by atoms with Gasteiger partial charge in [-0.25, -0.2) is 0 Å². The normalized spacial score (nSPS) is 23.9. The average Bonchev–Trinajstić information content (AvgIpc) is 3.23. The van der Waals surface area contributed by atoms with Crippen LogP contribution >= 0.6 is 11.3 Å². The minimum absolute atomic E-state index is 0.0569. The fourth-order valence-electron chi connectivity index (χ4n) is 4.53. The monoisotopic (exact) mass is 387 g/mol. The van der Waals surface area contributed by atoms with Gasteiger partial charge in [-0.2, -0.15) is 0 Å². The number of likely N-dealkylation sites (N-methyl/N-ethyl adjacent to an activating group) is 1. The number of carbonyl (C=O) groups is 2. The molecule has 1 aromatic rings. The molecule has 3 heterocycles. The lowest BCUT2D eigenvalue weighted by Gasteiger charge is -2.35. The van der Waals surface area contributed by atoms with Crippen LogP contribution in [0.2, 0.25) is 0 Å². The van der Waals surface area contributed by atoms with Crippen LogP contribution in [0.5, 0.6) is 0 Å². The van der Waals surface area contributed by atoms with Crippen molar-refractivity contribution in [1.82, 2.24) is 14.7 Å². The first-order valence-electron chi connectivity index (χ1n) is 10.3. The summed E-state index contributed by atoms with van der Waals surface area (Å²) in [6.07, 6.45) is 7.82. The molecule has 2 aliphatic heterocycles. The summed E-state index contributed by atoms with van der Waals surface area (Å²) in [5.74, 6) is -0.125. The number of hydrogen-bond acceptors (Lipinski definition) is 5. The molecule has 1 saturated carbocycles. The first-order chi connectivity index (χ1) is 13.2. The lowest BCUT2D eigenvalue weighted by Crippen LogP contribution is -2.47. The Morgan fingerprint density at radius 3 is 2.22 bits per heavy atom. The van der Waals surface area contributed by atoms with Crippen LogP contribution in [0.1, 0.15) is 49.8 Å². The Hall–Kier alpha value is -1.66. The molecule has 6 heteroatoms. The SMILES string of the molecule is CN1CCN(C2=C(c3cccs3)C(=O)N(C3CCCCCCC3)C2=O)CC1. The number of imide groups is 1. The van der Waals surface area contributed by atoms with Gasteiger partial charge >= 0.3 is 0 Å². The van der Waals surface area contributed by atoms with Gasteiger partial charge in [-0.15, -0.1) is 11.3 Å². The van der Waals surface area contributed by atoms with Crippen LogP contribution in [0.4, 0.5) is 0 Å². The summed E-state index contributed by atoms with van der Waals surface area (Å²) in [5, 5.41) is 1.99. The topological polar surface area (TPSA) is 43.9 Å². The zero-order valence-electron chi connectivity index (χ0n) is 16.2. The van der Waals surface area contributed by atoms with Crippen LogP contribution in [0.25, 0.3) is 5.57 Å². The van der Waals surface area contributed by atoms with Gasteiger partial charge in [-0.1, -0.05) is 38.2 Å². The first-order valence-corrected chi connectivity index (χ1v) is 11.1. The van der Waals surface area contributed by atoms with E-state index in [0.717, 1.165) is 56.7 Å². The molecule has 2 amide bonds. The van der Waals surface area contributed by atoms with Gasteiger partial charge in [0.2, 0.25) is 0 Å². The highest BCUT2D eigenvalue weighted by molar-refractivity contribution is 7.11. The molecule has 1 aliphatic carbocycles. The molecule has 0 spiro atoms. The molecule has 5 nitrogen and oxygen atoms in total. The summed E-state index contributed by atoms with van der Waals surface area (Å²) < 4.78 is 0. The van der Waals surface area contributed by atoms with E-state index in [1.165, 1.54) is 19.3 Å². The lowest BCUT2D eigenvalue weighted by atomic mass is 9.95. The number of amides is 2. The fourth-order valence-corrected chi connectivity index (χ4v) is 5.29. The van der Waals surface area contributed by atoms with Gasteiger partial charge in [0.1, 0.15) is 5.70 Å². The van der Waals surface area contributed by atoms with Crippen molar-refractivity contribution in [3.63, 3.8) is 0 Å². The van der Waals surface area contributed by atoms with E-state index in [1.54, 1.807) is 16.2 Å². The van der Waals surface area contributed by atoms with E-state index in [4.69, 9.17) is 0 Å². The highest BCUT2D eigenvalue weighted by atomic mass is 32.1. The van der Waals surface area contributed by atoms with E-state index in [9.17, 15) is 9.59 Å². The van der Waals surface area contributed by atoms with Crippen molar-refractivity contribution in [2.45, 2.75) is 51.0 Å². The Morgan fingerprint density at radius 2 is 1.59 bits per heavy atom. The maximum atomic E-state index is 13.5. The second-order valence-corrected chi connectivity index (χ2v) is 8.92. The smallest absolute Gasteiger partial charge is 0.278 e.